The molecule has 1 aromatic heterocycles. The Morgan fingerprint density at radius 2 is 1.44 bits per heavy atom. The number of aryl methyl sites for hydroxylation is 1. The molecule has 0 saturated carbocycles. The highest BCUT2D eigenvalue weighted by molar-refractivity contribution is 6.01. The van der Waals surface area contributed by atoms with Crippen LogP contribution in [-0.4, -0.2) is 37.9 Å². The molecule has 6 nitrogen and oxygen atoms in total. The van der Waals surface area contributed by atoms with Crippen molar-refractivity contribution < 1.29 is 23.8 Å². The summed E-state index contributed by atoms with van der Waals surface area (Å²) in [7, 11) is 4.59. The molecule has 25 heavy (non-hydrogen) atoms. The molecule has 1 aromatic carbocycles. The first-order chi connectivity index (χ1) is 12.0. The van der Waals surface area contributed by atoms with E-state index in [2.05, 4.69) is 4.98 Å². The number of Topliss-reactive ketones (excluding diaryl/α,β-unsaturated/α-hetero) is 2. The second-order valence-corrected chi connectivity index (χ2v) is 5.40. The second-order valence-electron chi connectivity index (χ2n) is 5.40. The fourth-order valence-electron chi connectivity index (χ4n) is 2.43. The van der Waals surface area contributed by atoms with Crippen LogP contribution in [-0.2, 0) is 0 Å². The van der Waals surface area contributed by atoms with Crippen LogP contribution in [0, 0.1) is 6.92 Å². The molecular formula is C19H21NO5. The number of methoxy groups -OCH3 is 3. The topological polar surface area (TPSA) is 74.7 Å². The molecule has 2 rings (SSSR count). The van der Waals surface area contributed by atoms with E-state index in [9.17, 15) is 9.59 Å². The number of rotatable bonds is 8. The highest BCUT2D eigenvalue weighted by Gasteiger charge is 2.15. The monoisotopic (exact) mass is 343 g/mol. The molecule has 0 spiro atoms. The summed E-state index contributed by atoms with van der Waals surface area (Å²) in [5, 5.41) is 0. The van der Waals surface area contributed by atoms with Crippen LogP contribution in [0.25, 0.3) is 0 Å². The average Bonchev–Trinajstić information content (AvgIpc) is 2.64. The summed E-state index contributed by atoms with van der Waals surface area (Å²) in [6.45, 7) is 1.77. The third-order valence-corrected chi connectivity index (χ3v) is 3.83. The van der Waals surface area contributed by atoms with Crippen LogP contribution in [0.15, 0.2) is 30.3 Å². The van der Waals surface area contributed by atoms with Gasteiger partial charge in [-0.15, -0.1) is 0 Å². The van der Waals surface area contributed by atoms with E-state index in [4.69, 9.17) is 14.2 Å². The number of ketones is 2. The van der Waals surface area contributed by atoms with Gasteiger partial charge < -0.3 is 14.2 Å². The van der Waals surface area contributed by atoms with E-state index in [1.807, 2.05) is 0 Å². The fourth-order valence-corrected chi connectivity index (χ4v) is 2.43. The standard InChI is InChI=1S/C19H21NO5/c1-12-17(23-2)10-6-14(20-12)16(22)8-7-15(21)13-5-9-18(24-3)19(11-13)25-4/h5-6,9-11H,7-8H2,1-4H3. The first-order valence-electron chi connectivity index (χ1n) is 7.80. The number of pyridine rings is 1. The van der Waals surface area contributed by atoms with E-state index in [-0.39, 0.29) is 24.4 Å². The van der Waals surface area contributed by atoms with Crippen LogP contribution >= 0.6 is 0 Å². The largest absolute Gasteiger partial charge is 0.495 e. The molecule has 0 amide bonds. The van der Waals surface area contributed by atoms with Gasteiger partial charge >= 0.3 is 0 Å². The fraction of sp³-hybridized carbons (Fsp3) is 0.316. The molecule has 0 bridgehead atoms. The van der Waals surface area contributed by atoms with E-state index in [1.54, 1.807) is 44.4 Å². The zero-order valence-electron chi connectivity index (χ0n) is 14.8. The molecule has 0 aliphatic carbocycles. The molecule has 6 heteroatoms. The summed E-state index contributed by atoms with van der Waals surface area (Å²) in [6.07, 6.45) is 0.188. The third kappa shape index (κ3) is 4.35. The van der Waals surface area contributed by atoms with E-state index >= 15 is 0 Å². The van der Waals surface area contributed by atoms with Gasteiger partial charge in [-0.1, -0.05) is 0 Å². The number of benzene rings is 1. The molecule has 0 aliphatic heterocycles. The van der Waals surface area contributed by atoms with Crippen LogP contribution in [0.1, 0.15) is 39.4 Å². The van der Waals surface area contributed by atoms with Gasteiger partial charge in [-0.3, -0.25) is 9.59 Å². The van der Waals surface area contributed by atoms with Crippen molar-refractivity contribution in [2.24, 2.45) is 0 Å². The van der Waals surface area contributed by atoms with Crippen molar-refractivity contribution in [1.29, 1.82) is 0 Å². The molecule has 0 aliphatic rings. The molecule has 132 valence electrons. The quantitative estimate of drug-likeness (QED) is 0.685. The summed E-state index contributed by atoms with van der Waals surface area (Å²) < 4.78 is 15.5. The number of hydrogen-bond acceptors (Lipinski definition) is 6. The molecule has 0 unspecified atom stereocenters. The highest BCUT2D eigenvalue weighted by Crippen LogP contribution is 2.28. The first-order valence-corrected chi connectivity index (χ1v) is 7.80. The maximum Gasteiger partial charge on any atom is 0.181 e. The van der Waals surface area contributed by atoms with Crippen molar-refractivity contribution in [1.82, 2.24) is 4.98 Å². The van der Waals surface area contributed by atoms with Gasteiger partial charge in [-0.2, -0.15) is 0 Å². The van der Waals surface area contributed by atoms with Crippen molar-refractivity contribution in [2.75, 3.05) is 21.3 Å². The Labute approximate surface area is 146 Å². The smallest absolute Gasteiger partial charge is 0.181 e. The summed E-state index contributed by atoms with van der Waals surface area (Å²) >= 11 is 0. The van der Waals surface area contributed by atoms with Crippen LogP contribution in [0.5, 0.6) is 17.2 Å². The molecule has 2 aromatic rings. The van der Waals surface area contributed by atoms with Gasteiger partial charge in [-0.25, -0.2) is 4.98 Å². The van der Waals surface area contributed by atoms with Crippen LogP contribution in [0.3, 0.4) is 0 Å². The molecule has 0 N–H and O–H groups in total. The van der Waals surface area contributed by atoms with E-state index < -0.39 is 0 Å². The second kappa shape index (κ2) is 8.28. The Hall–Kier alpha value is -2.89. The summed E-state index contributed by atoms with van der Waals surface area (Å²) in [6, 6.07) is 8.24. The van der Waals surface area contributed by atoms with E-state index in [1.165, 1.54) is 14.2 Å². The maximum absolute atomic E-state index is 12.3. The van der Waals surface area contributed by atoms with Crippen molar-refractivity contribution in [2.45, 2.75) is 19.8 Å². The van der Waals surface area contributed by atoms with Gasteiger partial charge in [0, 0.05) is 18.4 Å². The molecule has 1 heterocycles. The Morgan fingerprint density at radius 3 is 2.04 bits per heavy atom. The number of carbonyl (C=O) groups excluding carboxylic acids is 2. The van der Waals surface area contributed by atoms with Gasteiger partial charge in [0.25, 0.3) is 0 Å². The maximum atomic E-state index is 12.3. The van der Waals surface area contributed by atoms with Gasteiger partial charge in [0.05, 0.1) is 27.0 Å². The molecule has 0 atom stereocenters. The number of hydrogen-bond donors (Lipinski definition) is 0. The SMILES string of the molecule is COc1ccc(C(=O)CCC(=O)c2ccc(OC)c(C)n2)cc1OC. The van der Waals surface area contributed by atoms with Gasteiger partial charge in [0.1, 0.15) is 11.4 Å². The normalized spacial score (nSPS) is 10.2. The van der Waals surface area contributed by atoms with Crippen molar-refractivity contribution in [3.05, 3.63) is 47.3 Å². The van der Waals surface area contributed by atoms with Gasteiger partial charge in [0.15, 0.2) is 23.1 Å². The Kier molecular flexibility index (Phi) is 6.11. The minimum absolute atomic E-state index is 0.0892. The lowest BCUT2D eigenvalue weighted by molar-refractivity contribution is 0.0914. The van der Waals surface area contributed by atoms with Crippen molar-refractivity contribution in [3.63, 3.8) is 0 Å². The Bertz CT molecular complexity index is 785. The lowest BCUT2D eigenvalue weighted by Gasteiger charge is -2.09. The highest BCUT2D eigenvalue weighted by atomic mass is 16.5. The molecule has 0 fully saturated rings. The minimum Gasteiger partial charge on any atom is -0.495 e. The predicted molar refractivity (Wildman–Crippen MR) is 93.0 cm³/mol. The number of nitrogens with zero attached hydrogens (tertiary/aromatic N) is 1. The molecule has 0 saturated heterocycles. The summed E-state index contributed by atoms with van der Waals surface area (Å²) in [5.74, 6) is 1.33. The molecule has 0 radical (unpaired) electrons. The van der Waals surface area contributed by atoms with Gasteiger partial charge in [0.2, 0.25) is 0 Å². The Morgan fingerprint density at radius 1 is 0.840 bits per heavy atom. The van der Waals surface area contributed by atoms with Crippen LogP contribution < -0.4 is 14.2 Å². The summed E-state index contributed by atoms with van der Waals surface area (Å²) in [4.78, 5) is 28.8. The minimum atomic E-state index is -0.181. The lowest BCUT2D eigenvalue weighted by Crippen LogP contribution is -2.08. The number of ether oxygens (including phenoxy) is 3. The van der Waals surface area contributed by atoms with Crippen LogP contribution in [0.2, 0.25) is 0 Å². The summed E-state index contributed by atoms with van der Waals surface area (Å²) in [5.41, 5.74) is 1.45. The Balaban J connectivity index is 2.04. The average molecular weight is 343 g/mol. The van der Waals surface area contributed by atoms with E-state index in [0.29, 0.717) is 34.2 Å². The van der Waals surface area contributed by atoms with Crippen molar-refractivity contribution >= 4 is 11.6 Å². The van der Waals surface area contributed by atoms with E-state index in [0.717, 1.165) is 0 Å². The zero-order chi connectivity index (χ0) is 18.4. The number of aromatic nitrogens is 1. The third-order valence-electron chi connectivity index (χ3n) is 3.83. The number of carbonyl (C=O) groups is 2. The molecular weight excluding hydrogens is 322 g/mol. The van der Waals surface area contributed by atoms with Crippen LogP contribution in [0.4, 0.5) is 0 Å². The van der Waals surface area contributed by atoms with Gasteiger partial charge in [-0.05, 0) is 37.3 Å². The predicted octanol–water partition coefficient (Wildman–Crippen LogP) is 3.26. The van der Waals surface area contributed by atoms with Crippen molar-refractivity contribution in [3.8, 4) is 17.2 Å². The lowest BCUT2D eigenvalue weighted by atomic mass is 10.0. The first kappa shape index (κ1) is 18.4. The zero-order valence-corrected chi connectivity index (χ0v) is 14.8.